The first-order valence-corrected chi connectivity index (χ1v) is 5.93. The molecular weight excluding hydrogens is 212 g/mol. The van der Waals surface area contributed by atoms with E-state index in [-0.39, 0.29) is 5.69 Å². The molecule has 0 atom stereocenters. The lowest BCUT2D eigenvalue weighted by Crippen LogP contribution is -2.23. The third-order valence-corrected chi connectivity index (χ3v) is 2.89. The summed E-state index contributed by atoms with van der Waals surface area (Å²) in [6.45, 7) is 7.50. The number of hydrogen-bond donors (Lipinski definition) is 0. The molecule has 0 bridgehead atoms. The topological polar surface area (TPSA) is 26.9 Å². The molecule has 0 spiro atoms. The van der Waals surface area contributed by atoms with E-state index in [0.29, 0.717) is 6.54 Å². The Balaban J connectivity index is 2.31. The van der Waals surface area contributed by atoms with Crippen molar-refractivity contribution in [1.29, 1.82) is 0 Å². The fourth-order valence-electron chi connectivity index (χ4n) is 2.17. The quantitative estimate of drug-likeness (QED) is 0.795. The zero-order chi connectivity index (χ0) is 12.4. The number of aryl methyl sites for hydroxylation is 3. The number of nitrogens with zero attached hydrogens (tertiary/aromatic N) is 2. The normalized spacial score (nSPS) is 10.8. The van der Waals surface area contributed by atoms with Crippen molar-refractivity contribution in [2.24, 2.45) is 0 Å². The van der Waals surface area contributed by atoms with Crippen LogP contribution in [0.4, 0.5) is 0 Å². The van der Waals surface area contributed by atoms with E-state index in [4.69, 9.17) is 0 Å². The van der Waals surface area contributed by atoms with Gasteiger partial charge in [0, 0.05) is 18.9 Å². The van der Waals surface area contributed by atoms with Crippen LogP contribution in [-0.4, -0.2) is 9.13 Å². The minimum absolute atomic E-state index is 0.0617. The Morgan fingerprint density at radius 3 is 2.12 bits per heavy atom. The van der Waals surface area contributed by atoms with E-state index in [2.05, 4.69) is 32.0 Å². The van der Waals surface area contributed by atoms with Crippen LogP contribution in [0.1, 0.15) is 23.6 Å². The van der Waals surface area contributed by atoms with Gasteiger partial charge >= 0.3 is 5.69 Å². The monoisotopic (exact) mass is 230 g/mol. The molecule has 0 saturated heterocycles. The van der Waals surface area contributed by atoms with Crippen LogP contribution in [0.5, 0.6) is 0 Å². The molecule has 0 N–H and O–H groups in total. The molecule has 1 aromatic heterocycles. The lowest BCUT2D eigenvalue weighted by molar-refractivity contribution is 0.668. The van der Waals surface area contributed by atoms with Crippen molar-refractivity contribution in [2.45, 2.75) is 33.9 Å². The summed E-state index contributed by atoms with van der Waals surface area (Å²) in [6.07, 6.45) is 3.69. The highest BCUT2D eigenvalue weighted by Crippen LogP contribution is 2.09. The summed E-state index contributed by atoms with van der Waals surface area (Å²) in [6, 6.07) is 6.40. The van der Waals surface area contributed by atoms with Gasteiger partial charge in [-0.15, -0.1) is 0 Å². The maximum absolute atomic E-state index is 11.9. The molecule has 0 saturated carbocycles. The predicted octanol–water partition coefficient (Wildman–Crippen LogP) is 2.33. The van der Waals surface area contributed by atoms with E-state index in [1.165, 1.54) is 16.7 Å². The summed E-state index contributed by atoms with van der Waals surface area (Å²) >= 11 is 0. The Morgan fingerprint density at radius 2 is 1.59 bits per heavy atom. The Hall–Kier alpha value is -1.77. The van der Waals surface area contributed by atoms with Gasteiger partial charge in [-0.3, -0.25) is 9.13 Å². The number of benzene rings is 1. The molecule has 17 heavy (non-hydrogen) atoms. The number of imidazole rings is 1. The second-order valence-electron chi connectivity index (χ2n) is 4.49. The molecule has 0 unspecified atom stereocenters. The van der Waals surface area contributed by atoms with Crippen LogP contribution in [0, 0.1) is 13.8 Å². The smallest absolute Gasteiger partial charge is 0.300 e. The molecule has 0 amide bonds. The fourth-order valence-corrected chi connectivity index (χ4v) is 2.17. The van der Waals surface area contributed by atoms with Crippen LogP contribution in [0.25, 0.3) is 0 Å². The van der Waals surface area contributed by atoms with Crippen LogP contribution >= 0.6 is 0 Å². The molecule has 3 heteroatoms. The van der Waals surface area contributed by atoms with E-state index in [1.54, 1.807) is 9.13 Å². The van der Waals surface area contributed by atoms with Crippen molar-refractivity contribution in [1.82, 2.24) is 9.13 Å². The van der Waals surface area contributed by atoms with Crippen LogP contribution in [0.2, 0.25) is 0 Å². The van der Waals surface area contributed by atoms with Crippen LogP contribution in [0.3, 0.4) is 0 Å². The van der Waals surface area contributed by atoms with Gasteiger partial charge in [0.05, 0.1) is 6.54 Å². The number of hydrogen-bond acceptors (Lipinski definition) is 1. The highest BCUT2D eigenvalue weighted by Gasteiger charge is 2.03. The Morgan fingerprint density at radius 1 is 1.00 bits per heavy atom. The Labute approximate surface area is 101 Å². The first-order valence-electron chi connectivity index (χ1n) is 5.93. The maximum Gasteiger partial charge on any atom is 0.328 e. The second-order valence-corrected chi connectivity index (χ2v) is 4.49. The zero-order valence-electron chi connectivity index (χ0n) is 10.6. The van der Waals surface area contributed by atoms with Crippen molar-refractivity contribution in [3.05, 3.63) is 57.8 Å². The van der Waals surface area contributed by atoms with Crippen LogP contribution in [-0.2, 0) is 13.1 Å². The summed E-state index contributed by atoms with van der Waals surface area (Å²) in [4.78, 5) is 11.9. The summed E-state index contributed by atoms with van der Waals surface area (Å²) in [5.74, 6) is 0. The zero-order valence-corrected chi connectivity index (χ0v) is 10.6. The second kappa shape index (κ2) is 4.62. The molecule has 0 fully saturated rings. The standard InChI is InChI=1S/C14H18N2O/c1-4-15-5-6-16(14(15)17)10-13-8-11(2)7-12(3)9-13/h5-9H,4,10H2,1-3H3. The first kappa shape index (κ1) is 11.7. The lowest BCUT2D eigenvalue weighted by atomic mass is 10.1. The minimum atomic E-state index is 0.0617. The number of rotatable bonds is 3. The molecule has 3 nitrogen and oxygen atoms in total. The van der Waals surface area contributed by atoms with Gasteiger partial charge in [0.2, 0.25) is 0 Å². The third-order valence-electron chi connectivity index (χ3n) is 2.89. The summed E-state index contributed by atoms with van der Waals surface area (Å²) < 4.78 is 3.46. The van der Waals surface area contributed by atoms with E-state index in [1.807, 2.05) is 19.3 Å². The molecule has 0 aliphatic carbocycles. The average molecular weight is 230 g/mol. The SMILES string of the molecule is CCn1ccn(Cc2cc(C)cc(C)c2)c1=O. The van der Waals surface area contributed by atoms with E-state index < -0.39 is 0 Å². The van der Waals surface area contributed by atoms with Crippen molar-refractivity contribution < 1.29 is 0 Å². The molecule has 0 aliphatic heterocycles. The van der Waals surface area contributed by atoms with Gasteiger partial charge in [-0.2, -0.15) is 0 Å². The van der Waals surface area contributed by atoms with Gasteiger partial charge < -0.3 is 0 Å². The molecule has 2 aromatic rings. The van der Waals surface area contributed by atoms with E-state index in [9.17, 15) is 4.79 Å². The van der Waals surface area contributed by atoms with Gasteiger partial charge in [-0.05, 0) is 26.3 Å². The van der Waals surface area contributed by atoms with Crippen molar-refractivity contribution in [3.63, 3.8) is 0 Å². The van der Waals surface area contributed by atoms with Gasteiger partial charge in [0.1, 0.15) is 0 Å². The highest BCUT2D eigenvalue weighted by molar-refractivity contribution is 5.28. The Bertz CT molecular complexity index is 558. The first-order chi connectivity index (χ1) is 8.10. The van der Waals surface area contributed by atoms with E-state index in [0.717, 1.165) is 6.54 Å². The number of aromatic nitrogens is 2. The average Bonchev–Trinajstić information content (AvgIpc) is 2.58. The molecule has 2 rings (SSSR count). The third kappa shape index (κ3) is 2.49. The van der Waals surface area contributed by atoms with E-state index >= 15 is 0 Å². The molecule has 0 radical (unpaired) electrons. The van der Waals surface area contributed by atoms with Gasteiger partial charge in [-0.1, -0.05) is 29.3 Å². The molecule has 0 aliphatic rings. The summed E-state index contributed by atoms with van der Waals surface area (Å²) in [7, 11) is 0. The van der Waals surface area contributed by atoms with Gasteiger partial charge in [0.15, 0.2) is 0 Å². The maximum atomic E-state index is 11.9. The summed E-state index contributed by atoms with van der Waals surface area (Å²) in [5, 5.41) is 0. The fraction of sp³-hybridized carbons (Fsp3) is 0.357. The lowest BCUT2D eigenvalue weighted by Gasteiger charge is -2.05. The van der Waals surface area contributed by atoms with Gasteiger partial charge in [-0.25, -0.2) is 4.79 Å². The van der Waals surface area contributed by atoms with Crippen molar-refractivity contribution >= 4 is 0 Å². The minimum Gasteiger partial charge on any atom is -0.300 e. The Kier molecular flexibility index (Phi) is 3.18. The largest absolute Gasteiger partial charge is 0.328 e. The van der Waals surface area contributed by atoms with Crippen molar-refractivity contribution in [2.75, 3.05) is 0 Å². The molecule has 1 aromatic carbocycles. The van der Waals surface area contributed by atoms with Crippen LogP contribution in [0.15, 0.2) is 35.4 Å². The molecule has 90 valence electrons. The highest BCUT2D eigenvalue weighted by atomic mass is 16.1. The predicted molar refractivity (Wildman–Crippen MR) is 69.4 cm³/mol. The van der Waals surface area contributed by atoms with Crippen LogP contribution < -0.4 is 5.69 Å². The van der Waals surface area contributed by atoms with Crippen molar-refractivity contribution in [3.8, 4) is 0 Å². The molecule has 1 heterocycles. The van der Waals surface area contributed by atoms with Gasteiger partial charge in [0.25, 0.3) is 0 Å². The summed E-state index contributed by atoms with van der Waals surface area (Å²) in [5.41, 5.74) is 3.72. The molecular formula is C14H18N2O.